The van der Waals surface area contributed by atoms with E-state index in [4.69, 9.17) is 11.5 Å². The Labute approximate surface area is 83.1 Å². The zero-order valence-corrected chi connectivity index (χ0v) is 7.99. The molecule has 1 aromatic carbocycles. The molecule has 1 saturated carbocycles. The molecule has 1 fully saturated rings. The Hall–Kier alpha value is -1.19. The van der Waals surface area contributed by atoms with Crippen molar-refractivity contribution >= 4 is 5.78 Å². The van der Waals surface area contributed by atoms with Crippen molar-refractivity contribution in [3.8, 4) is 0 Å². The van der Waals surface area contributed by atoms with Crippen molar-refractivity contribution in [2.75, 3.05) is 0 Å². The van der Waals surface area contributed by atoms with E-state index in [0.717, 1.165) is 18.4 Å². The van der Waals surface area contributed by atoms with Crippen molar-refractivity contribution in [1.82, 2.24) is 0 Å². The van der Waals surface area contributed by atoms with Crippen LogP contribution >= 0.6 is 0 Å². The Balaban J connectivity index is 2.20. The number of ketones is 1. The van der Waals surface area contributed by atoms with Crippen LogP contribution in [0.3, 0.4) is 0 Å². The summed E-state index contributed by atoms with van der Waals surface area (Å²) >= 11 is 0. The molecule has 1 aromatic rings. The molecule has 3 heteroatoms. The molecule has 0 amide bonds. The van der Waals surface area contributed by atoms with Gasteiger partial charge in [-0.1, -0.05) is 24.3 Å². The summed E-state index contributed by atoms with van der Waals surface area (Å²) in [5.41, 5.74) is 12.4. The second-order valence-electron chi connectivity index (χ2n) is 3.89. The van der Waals surface area contributed by atoms with Crippen molar-refractivity contribution < 1.29 is 4.79 Å². The van der Waals surface area contributed by atoms with E-state index in [0.29, 0.717) is 12.1 Å². The largest absolute Gasteiger partial charge is 0.326 e. The number of hydrogen-bond donors (Lipinski definition) is 2. The van der Waals surface area contributed by atoms with Gasteiger partial charge in [0.15, 0.2) is 5.78 Å². The van der Waals surface area contributed by atoms with E-state index in [-0.39, 0.29) is 5.78 Å². The first kappa shape index (κ1) is 9.37. The highest BCUT2D eigenvalue weighted by Gasteiger charge is 2.45. The molecular weight excluding hydrogens is 176 g/mol. The summed E-state index contributed by atoms with van der Waals surface area (Å²) in [6.45, 7) is 0.502. The standard InChI is InChI=1S/C11H14N2O/c12-7-8-1-3-9(4-2-8)10(14)11(13)5-6-11/h1-4H,5-7,12-13H2. The summed E-state index contributed by atoms with van der Waals surface area (Å²) in [4.78, 5) is 11.8. The van der Waals surface area contributed by atoms with E-state index in [2.05, 4.69) is 0 Å². The molecule has 74 valence electrons. The van der Waals surface area contributed by atoms with Crippen molar-refractivity contribution in [3.63, 3.8) is 0 Å². The lowest BCUT2D eigenvalue weighted by molar-refractivity contribution is 0.0949. The quantitative estimate of drug-likeness (QED) is 0.693. The number of hydrogen-bond acceptors (Lipinski definition) is 3. The molecule has 1 aliphatic rings. The summed E-state index contributed by atoms with van der Waals surface area (Å²) in [7, 11) is 0. The Morgan fingerprint density at radius 3 is 2.29 bits per heavy atom. The van der Waals surface area contributed by atoms with Gasteiger partial charge in [-0.05, 0) is 18.4 Å². The summed E-state index contributed by atoms with van der Waals surface area (Å²) in [5, 5.41) is 0. The number of nitrogens with two attached hydrogens (primary N) is 2. The fraction of sp³-hybridized carbons (Fsp3) is 0.364. The Bertz CT molecular complexity index is 352. The Morgan fingerprint density at radius 2 is 1.86 bits per heavy atom. The molecule has 3 nitrogen and oxygen atoms in total. The SMILES string of the molecule is NCc1ccc(C(=O)C2(N)CC2)cc1. The molecule has 0 radical (unpaired) electrons. The van der Waals surface area contributed by atoms with Crippen LogP contribution in [0.2, 0.25) is 0 Å². The van der Waals surface area contributed by atoms with Crippen molar-refractivity contribution in [2.24, 2.45) is 11.5 Å². The second kappa shape index (κ2) is 3.19. The predicted molar refractivity (Wildman–Crippen MR) is 54.8 cm³/mol. The summed E-state index contributed by atoms with van der Waals surface area (Å²) in [6, 6.07) is 7.35. The zero-order chi connectivity index (χ0) is 10.2. The highest BCUT2D eigenvalue weighted by atomic mass is 16.1. The maximum atomic E-state index is 11.8. The number of Topliss-reactive ketones (excluding diaryl/α,β-unsaturated/α-hetero) is 1. The van der Waals surface area contributed by atoms with Gasteiger partial charge in [0.2, 0.25) is 0 Å². The molecule has 0 spiro atoms. The van der Waals surface area contributed by atoms with Gasteiger partial charge in [-0.15, -0.1) is 0 Å². The fourth-order valence-corrected chi connectivity index (χ4v) is 1.44. The number of carbonyl (C=O) groups excluding carboxylic acids is 1. The van der Waals surface area contributed by atoms with Crippen molar-refractivity contribution in [1.29, 1.82) is 0 Å². The molecular formula is C11H14N2O. The van der Waals surface area contributed by atoms with Gasteiger partial charge in [0.05, 0.1) is 5.54 Å². The van der Waals surface area contributed by atoms with E-state index in [1.54, 1.807) is 12.1 Å². The molecule has 14 heavy (non-hydrogen) atoms. The monoisotopic (exact) mass is 190 g/mol. The topological polar surface area (TPSA) is 69.1 Å². The van der Waals surface area contributed by atoms with E-state index in [1.807, 2.05) is 12.1 Å². The number of rotatable bonds is 3. The first-order valence-electron chi connectivity index (χ1n) is 4.78. The van der Waals surface area contributed by atoms with Crippen LogP contribution in [-0.4, -0.2) is 11.3 Å². The lowest BCUT2D eigenvalue weighted by atomic mass is 10.0. The molecule has 0 bridgehead atoms. The van der Waals surface area contributed by atoms with Crippen LogP contribution in [0.25, 0.3) is 0 Å². The van der Waals surface area contributed by atoms with Crippen LogP contribution in [-0.2, 0) is 6.54 Å². The van der Waals surface area contributed by atoms with E-state index >= 15 is 0 Å². The normalized spacial score (nSPS) is 17.9. The number of benzene rings is 1. The Kier molecular flexibility index (Phi) is 2.13. The minimum atomic E-state index is -0.565. The van der Waals surface area contributed by atoms with E-state index in [1.165, 1.54) is 0 Å². The highest BCUT2D eigenvalue weighted by molar-refractivity contribution is 6.05. The molecule has 1 aliphatic carbocycles. The molecule has 0 aliphatic heterocycles. The third-order valence-corrected chi connectivity index (χ3v) is 2.69. The van der Waals surface area contributed by atoms with Crippen molar-refractivity contribution in [2.45, 2.75) is 24.9 Å². The smallest absolute Gasteiger partial charge is 0.182 e. The third kappa shape index (κ3) is 1.56. The molecule has 0 heterocycles. The minimum absolute atomic E-state index is 0.0565. The summed E-state index contributed by atoms with van der Waals surface area (Å²) < 4.78 is 0. The number of carbonyl (C=O) groups is 1. The maximum Gasteiger partial charge on any atom is 0.182 e. The van der Waals surface area contributed by atoms with Crippen LogP contribution in [0, 0.1) is 0 Å². The molecule has 2 rings (SSSR count). The average Bonchev–Trinajstić information content (AvgIpc) is 2.97. The van der Waals surface area contributed by atoms with Gasteiger partial charge in [-0.2, -0.15) is 0 Å². The minimum Gasteiger partial charge on any atom is -0.326 e. The molecule has 0 saturated heterocycles. The van der Waals surface area contributed by atoms with Crippen LogP contribution < -0.4 is 11.5 Å². The maximum absolute atomic E-state index is 11.8. The fourth-order valence-electron chi connectivity index (χ4n) is 1.44. The van der Waals surface area contributed by atoms with Crippen molar-refractivity contribution in [3.05, 3.63) is 35.4 Å². The molecule has 4 N–H and O–H groups in total. The van der Waals surface area contributed by atoms with E-state index < -0.39 is 5.54 Å². The van der Waals surface area contributed by atoms with Crippen LogP contribution in [0.1, 0.15) is 28.8 Å². The molecule has 0 unspecified atom stereocenters. The predicted octanol–water partition coefficient (Wildman–Crippen LogP) is 0.819. The van der Waals surface area contributed by atoms with Gasteiger partial charge >= 0.3 is 0 Å². The zero-order valence-electron chi connectivity index (χ0n) is 7.99. The van der Waals surface area contributed by atoms with Gasteiger partial charge in [-0.25, -0.2) is 0 Å². The molecule has 0 aromatic heterocycles. The first-order chi connectivity index (χ1) is 6.65. The first-order valence-corrected chi connectivity index (χ1v) is 4.78. The third-order valence-electron chi connectivity index (χ3n) is 2.69. The summed E-state index contributed by atoms with van der Waals surface area (Å²) in [6.07, 6.45) is 1.62. The Morgan fingerprint density at radius 1 is 1.29 bits per heavy atom. The lowest BCUT2D eigenvalue weighted by Crippen LogP contribution is -2.32. The van der Waals surface area contributed by atoms with Crippen LogP contribution in [0.15, 0.2) is 24.3 Å². The van der Waals surface area contributed by atoms with Crippen LogP contribution in [0.4, 0.5) is 0 Å². The summed E-state index contributed by atoms with van der Waals surface area (Å²) in [5.74, 6) is 0.0565. The van der Waals surface area contributed by atoms with E-state index in [9.17, 15) is 4.79 Å². The van der Waals surface area contributed by atoms with Gasteiger partial charge < -0.3 is 11.5 Å². The molecule has 0 atom stereocenters. The lowest BCUT2D eigenvalue weighted by Gasteiger charge is -2.07. The van der Waals surface area contributed by atoms with Crippen LogP contribution in [0.5, 0.6) is 0 Å². The van der Waals surface area contributed by atoms with Gasteiger partial charge in [0.25, 0.3) is 0 Å². The average molecular weight is 190 g/mol. The van der Waals surface area contributed by atoms with Gasteiger partial charge in [0, 0.05) is 12.1 Å². The van der Waals surface area contributed by atoms with Gasteiger partial charge in [0.1, 0.15) is 0 Å². The second-order valence-corrected chi connectivity index (χ2v) is 3.89. The van der Waals surface area contributed by atoms with Gasteiger partial charge in [-0.3, -0.25) is 4.79 Å². The highest BCUT2D eigenvalue weighted by Crippen LogP contribution is 2.35.